The van der Waals surface area contributed by atoms with Crippen LogP contribution in [-0.4, -0.2) is 19.6 Å². The molecule has 5 heteroatoms. The lowest BCUT2D eigenvalue weighted by Crippen LogP contribution is -2.34. The van der Waals surface area contributed by atoms with Gasteiger partial charge in [-0.25, -0.2) is 4.39 Å². The Kier molecular flexibility index (Phi) is 4.99. The maximum atomic E-state index is 13.5. The second-order valence-electron chi connectivity index (χ2n) is 5.80. The van der Waals surface area contributed by atoms with E-state index >= 15 is 0 Å². The number of carbonyl (C=O) groups excluding carboxylic acids is 1. The van der Waals surface area contributed by atoms with Crippen LogP contribution in [0.4, 0.5) is 4.39 Å². The molecule has 1 amide bonds. The number of rotatable bonds is 5. The molecule has 1 atom stereocenters. The van der Waals surface area contributed by atoms with Gasteiger partial charge in [0.25, 0.3) is 5.91 Å². The van der Waals surface area contributed by atoms with Gasteiger partial charge < -0.3 is 14.8 Å². The molecule has 126 valence electrons. The first kappa shape index (κ1) is 16.3. The molecule has 1 aliphatic rings. The van der Waals surface area contributed by atoms with Gasteiger partial charge in [0.15, 0.2) is 18.2 Å². The van der Waals surface area contributed by atoms with Crippen LogP contribution in [0, 0.1) is 5.82 Å². The molecule has 0 radical (unpaired) electrons. The average molecular weight is 329 g/mol. The van der Waals surface area contributed by atoms with Gasteiger partial charge in [-0.3, -0.25) is 4.79 Å². The SMILES string of the molecule is COc1ccc2c(c1)CCC[C@@H]2NC(=O)COc1ccccc1F. The predicted octanol–water partition coefficient (Wildman–Crippen LogP) is 3.41. The molecule has 0 aliphatic heterocycles. The van der Waals surface area contributed by atoms with Crippen LogP contribution in [0.15, 0.2) is 42.5 Å². The summed E-state index contributed by atoms with van der Waals surface area (Å²) in [5.74, 6) is 0.178. The van der Waals surface area contributed by atoms with Crippen molar-refractivity contribution in [1.29, 1.82) is 0 Å². The lowest BCUT2D eigenvalue weighted by Gasteiger charge is -2.26. The molecule has 0 heterocycles. The Bertz CT molecular complexity index is 732. The van der Waals surface area contributed by atoms with E-state index in [9.17, 15) is 9.18 Å². The monoisotopic (exact) mass is 329 g/mol. The van der Waals surface area contributed by atoms with Gasteiger partial charge >= 0.3 is 0 Å². The fourth-order valence-electron chi connectivity index (χ4n) is 3.01. The van der Waals surface area contributed by atoms with Crippen LogP contribution in [0.25, 0.3) is 0 Å². The fourth-order valence-corrected chi connectivity index (χ4v) is 3.01. The number of benzene rings is 2. The van der Waals surface area contributed by atoms with Crippen molar-refractivity contribution in [2.24, 2.45) is 0 Å². The summed E-state index contributed by atoms with van der Waals surface area (Å²) in [6.45, 7) is -0.205. The first-order valence-corrected chi connectivity index (χ1v) is 8.01. The normalized spacial score (nSPS) is 16.2. The van der Waals surface area contributed by atoms with Gasteiger partial charge in [0.1, 0.15) is 5.75 Å². The van der Waals surface area contributed by atoms with E-state index in [0.717, 1.165) is 30.6 Å². The van der Waals surface area contributed by atoms with Crippen LogP contribution in [0.1, 0.15) is 30.0 Å². The van der Waals surface area contributed by atoms with Crippen molar-refractivity contribution in [3.8, 4) is 11.5 Å². The highest BCUT2D eigenvalue weighted by atomic mass is 19.1. The van der Waals surface area contributed by atoms with E-state index < -0.39 is 5.82 Å². The first-order chi connectivity index (χ1) is 11.7. The molecule has 2 aromatic rings. The van der Waals surface area contributed by atoms with Crippen LogP contribution in [0.5, 0.6) is 11.5 Å². The van der Waals surface area contributed by atoms with E-state index in [-0.39, 0.29) is 24.3 Å². The molecule has 0 bridgehead atoms. The zero-order valence-corrected chi connectivity index (χ0v) is 13.5. The molecule has 0 unspecified atom stereocenters. The molecule has 4 nitrogen and oxygen atoms in total. The summed E-state index contributed by atoms with van der Waals surface area (Å²) in [6.07, 6.45) is 2.86. The van der Waals surface area contributed by atoms with Gasteiger partial charge in [-0.2, -0.15) is 0 Å². The van der Waals surface area contributed by atoms with Crippen LogP contribution < -0.4 is 14.8 Å². The third-order valence-corrected chi connectivity index (χ3v) is 4.20. The van der Waals surface area contributed by atoms with Crippen molar-refractivity contribution in [3.63, 3.8) is 0 Å². The average Bonchev–Trinajstić information content (AvgIpc) is 2.61. The van der Waals surface area contributed by atoms with E-state index in [2.05, 4.69) is 5.32 Å². The highest BCUT2D eigenvalue weighted by Gasteiger charge is 2.22. The van der Waals surface area contributed by atoms with Crippen molar-refractivity contribution in [2.45, 2.75) is 25.3 Å². The second-order valence-corrected chi connectivity index (χ2v) is 5.80. The van der Waals surface area contributed by atoms with E-state index in [1.807, 2.05) is 18.2 Å². The predicted molar refractivity (Wildman–Crippen MR) is 88.7 cm³/mol. The summed E-state index contributed by atoms with van der Waals surface area (Å²) in [5.41, 5.74) is 2.31. The summed E-state index contributed by atoms with van der Waals surface area (Å²) < 4.78 is 24.0. The molecule has 2 aromatic carbocycles. The van der Waals surface area contributed by atoms with Crippen molar-refractivity contribution in [2.75, 3.05) is 13.7 Å². The molecule has 24 heavy (non-hydrogen) atoms. The molecule has 0 aromatic heterocycles. The summed E-state index contributed by atoms with van der Waals surface area (Å²) in [7, 11) is 1.64. The molecule has 0 spiro atoms. The van der Waals surface area contributed by atoms with Gasteiger partial charge in [-0.1, -0.05) is 18.2 Å². The molecule has 0 saturated carbocycles. The van der Waals surface area contributed by atoms with Crippen molar-refractivity contribution < 1.29 is 18.7 Å². The summed E-state index contributed by atoms with van der Waals surface area (Å²) in [6, 6.07) is 11.9. The smallest absolute Gasteiger partial charge is 0.258 e. The molecular formula is C19H20FNO3. The Morgan fingerprint density at radius 2 is 2.12 bits per heavy atom. The second kappa shape index (κ2) is 7.34. The maximum absolute atomic E-state index is 13.5. The molecular weight excluding hydrogens is 309 g/mol. The number of ether oxygens (including phenoxy) is 2. The number of nitrogens with one attached hydrogen (secondary N) is 1. The van der Waals surface area contributed by atoms with Gasteiger partial charge in [-0.05, 0) is 54.7 Å². The highest BCUT2D eigenvalue weighted by molar-refractivity contribution is 5.78. The summed E-state index contributed by atoms with van der Waals surface area (Å²) in [4.78, 5) is 12.1. The minimum absolute atomic E-state index is 0.0450. The third-order valence-electron chi connectivity index (χ3n) is 4.20. The van der Waals surface area contributed by atoms with Gasteiger partial charge in [0.05, 0.1) is 13.2 Å². The number of para-hydroxylation sites is 1. The molecule has 1 N–H and O–H groups in total. The number of hydrogen-bond acceptors (Lipinski definition) is 3. The Balaban J connectivity index is 1.62. The Hall–Kier alpha value is -2.56. The number of carbonyl (C=O) groups is 1. The Morgan fingerprint density at radius 3 is 2.92 bits per heavy atom. The zero-order valence-electron chi connectivity index (χ0n) is 13.5. The van der Waals surface area contributed by atoms with Gasteiger partial charge in [0.2, 0.25) is 0 Å². The number of methoxy groups -OCH3 is 1. The number of hydrogen-bond donors (Lipinski definition) is 1. The standard InChI is InChI=1S/C19H20FNO3/c1-23-14-9-10-15-13(11-14)5-4-7-17(15)21-19(22)12-24-18-8-3-2-6-16(18)20/h2-3,6,8-11,17H,4-5,7,12H2,1H3,(H,21,22)/t17-/m0/s1. The minimum Gasteiger partial charge on any atom is -0.497 e. The number of amides is 1. The van der Waals surface area contributed by atoms with Crippen LogP contribution in [-0.2, 0) is 11.2 Å². The maximum Gasteiger partial charge on any atom is 0.258 e. The van der Waals surface area contributed by atoms with E-state index in [0.29, 0.717) is 0 Å². The lowest BCUT2D eigenvalue weighted by molar-refractivity contribution is -0.124. The Morgan fingerprint density at radius 1 is 1.29 bits per heavy atom. The third kappa shape index (κ3) is 3.67. The van der Waals surface area contributed by atoms with Crippen molar-refractivity contribution >= 4 is 5.91 Å². The van der Waals surface area contributed by atoms with Crippen LogP contribution in [0.2, 0.25) is 0 Å². The van der Waals surface area contributed by atoms with E-state index in [4.69, 9.17) is 9.47 Å². The molecule has 0 fully saturated rings. The van der Waals surface area contributed by atoms with Crippen molar-refractivity contribution in [3.05, 3.63) is 59.4 Å². The molecule has 1 aliphatic carbocycles. The lowest BCUT2D eigenvalue weighted by atomic mass is 9.87. The van der Waals surface area contributed by atoms with E-state index in [1.54, 1.807) is 19.2 Å². The quantitative estimate of drug-likeness (QED) is 0.914. The number of halogens is 1. The fraction of sp³-hybridized carbons (Fsp3) is 0.316. The van der Waals surface area contributed by atoms with Crippen LogP contribution >= 0.6 is 0 Å². The Labute approximate surface area is 140 Å². The number of fused-ring (bicyclic) bond motifs is 1. The van der Waals surface area contributed by atoms with Crippen molar-refractivity contribution in [1.82, 2.24) is 5.32 Å². The van der Waals surface area contributed by atoms with E-state index in [1.165, 1.54) is 17.7 Å². The topological polar surface area (TPSA) is 47.6 Å². The van der Waals surface area contributed by atoms with Gasteiger partial charge in [-0.15, -0.1) is 0 Å². The zero-order chi connectivity index (χ0) is 16.9. The molecule has 0 saturated heterocycles. The highest BCUT2D eigenvalue weighted by Crippen LogP contribution is 2.32. The van der Waals surface area contributed by atoms with Gasteiger partial charge in [0, 0.05) is 0 Å². The largest absolute Gasteiger partial charge is 0.497 e. The summed E-state index contributed by atoms with van der Waals surface area (Å²) in [5, 5.41) is 2.98. The molecule has 3 rings (SSSR count). The first-order valence-electron chi connectivity index (χ1n) is 8.01. The minimum atomic E-state index is -0.472. The summed E-state index contributed by atoms with van der Waals surface area (Å²) >= 11 is 0. The van der Waals surface area contributed by atoms with Crippen LogP contribution in [0.3, 0.4) is 0 Å². The number of aryl methyl sites for hydroxylation is 1.